The van der Waals surface area contributed by atoms with Crippen molar-refractivity contribution in [2.75, 3.05) is 6.61 Å². The zero-order chi connectivity index (χ0) is 12.3. The molecule has 0 aliphatic rings. The molecule has 17 heavy (non-hydrogen) atoms. The van der Waals surface area contributed by atoms with Crippen LogP contribution >= 0.6 is 15.9 Å². The third-order valence-electron chi connectivity index (χ3n) is 3.07. The quantitative estimate of drug-likeness (QED) is 0.893. The average molecular weight is 296 g/mol. The normalized spacial score (nSPS) is 11.2. The van der Waals surface area contributed by atoms with Gasteiger partial charge in [-0.25, -0.2) is 0 Å². The zero-order valence-electron chi connectivity index (χ0n) is 10.1. The minimum atomic E-state index is 0.184. The molecule has 1 N–H and O–H groups in total. The van der Waals surface area contributed by atoms with Crippen LogP contribution in [-0.2, 0) is 13.0 Å². The summed E-state index contributed by atoms with van der Waals surface area (Å²) < 4.78 is 3.23. The van der Waals surface area contributed by atoms with E-state index >= 15 is 0 Å². The molecule has 2 nitrogen and oxygen atoms in total. The Labute approximate surface area is 110 Å². The summed E-state index contributed by atoms with van der Waals surface area (Å²) in [5.41, 5.74) is 2.60. The Morgan fingerprint density at radius 1 is 1.35 bits per heavy atom. The molecule has 1 heterocycles. The van der Waals surface area contributed by atoms with E-state index in [-0.39, 0.29) is 6.61 Å². The molecule has 0 radical (unpaired) electrons. The first-order valence-electron chi connectivity index (χ1n) is 6.14. The number of unbranched alkanes of at least 4 members (excludes halogenated alkanes) is 1. The first-order valence-corrected chi connectivity index (χ1v) is 6.93. The maximum atomic E-state index is 9.10. The molecule has 0 aliphatic heterocycles. The van der Waals surface area contributed by atoms with E-state index in [4.69, 9.17) is 5.11 Å². The molecule has 1 aromatic heterocycles. The summed E-state index contributed by atoms with van der Waals surface area (Å²) in [6.07, 6.45) is 5.73. The standard InChI is InChI=1S/C14H18BrNO/c1-2-3-4-11-10-16(7-8-17)14-9-12(15)5-6-13(11)14/h5-6,9-10,17H,2-4,7-8H2,1H3. The van der Waals surface area contributed by atoms with Gasteiger partial charge < -0.3 is 9.67 Å². The lowest BCUT2D eigenvalue weighted by molar-refractivity contribution is 0.278. The molecule has 1 aromatic carbocycles. The van der Waals surface area contributed by atoms with Gasteiger partial charge in [-0.3, -0.25) is 0 Å². The van der Waals surface area contributed by atoms with Crippen LogP contribution in [0.2, 0.25) is 0 Å². The van der Waals surface area contributed by atoms with Crippen molar-refractivity contribution in [2.24, 2.45) is 0 Å². The van der Waals surface area contributed by atoms with Gasteiger partial charge in [-0.05, 0) is 30.5 Å². The molecule has 0 aliphatic carbocycles. The van der Waals surface area contributed by atoms with Gasteiger partial charge >= 0.3 is 0 Å². The molecule has 0 unspecified atom stereocenters. The van der Waals surface area contributed by atoms with E-state index in [0.29, 0.717) is 6.54 Å². The van der Waals surface area contributed by atoms with Gasteiger partial charge in [0.05, 0.1) is 6.61 Å². The van der Waals surface area contributed by atoms with Crippen molar-refractivity contribution in [2.45, 2.75) is 32.7 Å². The van der Waals surface area contributed by atoms with Crippen LogP contribution in [0.25, 0.3) is 10.9 Å². The fraction of sp³-hybridized carbons (Fsp3) is 0.429. The monoisotopic (exact) mass is 295 g/mol. The number of hydrogen-bond donors (Lipinski definition) is 1. The van der Waals surface area contributed by atoms with E-state index in [1.165, 1.54) is 29.3 Å². The SMILES string of the molecule is CCCCc1cn(CCO)c2cc(Br)ccc12. The number of fused-ring (bicyclic) bond motifs is 1. The third kappa shape index (κ3) is 2.72. The molecule has 0 saturated heterocycles. The van der Waals surface area contributed by atoms with Crippen molar-refractivity contribution in [1.82, 2.24) is 4.57 Å². The van der Waals surface area contributed by atoms with Crippen LogP contribution in [0, 0.1) is 0 Å². The fourth-order valence-electron chi connectivity index (χ4n) is 2.20. The topological polar surface area (TPSA) is 25.2 Å². The Morgan fingerprint density at radius 2 is 2.18 bits per heavy atom. The van der Waals surface area contributed by atoms with Gasteiger partial charge in [0, 0.05) is 28.1 Å². The maximum absolute atomic E-state index is 9.10. The maximum Gasteiger partial charge on any atom is 0.0610 e. The highest BCUT2D eigenvalue weighted by atomic mass is 79.9. The second-order valence-corrected chi connectivity index (χ2v) is 5.25. The van der Waals surface area contributed by atoms with Crippen LogP contribution in [0.3, 0.4) is 0 Å². The molecule has 92 valence electrons. The molecule has 0 saturated carbocycles. The first kappa shape index (κ1) is 12.7. The number of aliphatic hydroxyl groups excluding tert-OH is 1. The molecule has 0 atom stereocenters. The first-order chi connectivity index (χ1) is 8.26. The number of hydrogen-bond acceptors (Lipinski definition) is 1. The Morgan fingerprint density at radius 3 is 2.88 bits per heavy atom. The Kier molecular flexibility index (Phi) is 4.24. The second-order valence-electron chi connectivity index (χ2n) is 4.34. The van der Waals surface area contributed by atoms with Crippen molar-refractivity contribution in [1.29, 1.82) is 0 Å². The highest BCUT2D eigenvalue weighted by Gasteiger charge is 2.08. The van der Waals surface area contributed by atoms with Gasteiger partial charge in [0.2, 0.25) is 0 Å². The van der Waals surface area contributed by atoms with Gasteiger partial charge in [0.1, 0.15) is 0 Å². The van der Waals surface area contributed by atoms with E-state index in [1.807, 2.05) is 0 Å². The number of rotatable bonds is 5. The fourth-order valence-corrected chi connectivity index (χ4v) is 2.55. The summed E-state index contributed by atoms with van der Waals surface area (Å²) in [4.78, 5) is 0. The average Bonchev–Trinajstić information content (AvgIpc) is 2.65. The summed E-state index contributed by atoms with van der Waals surface area (Å²) in [5, 5.41) is 10.4. The van der Waals surface area contributed by atoms with Crippen LogP contribution in [0.4, 0.5) is 0 Å². The number of aryl methyl sites for hydroxylation is 1. The summed E-state index contributed by atoms with van der Waals surface area (Å²) >= 11 is 3.50. The van der Waals surface area contributed by atoms with Crippen LogP contribution in [-0.4, -0.2) is 16.3 Å². The molecule has 2 rings (SSSR count). The van der Waals surface area contributed by atoms with Crippen molar-refractivity contribution in [3.8, 4) is 0 Å². The molecular weight excluding hydrogens is 278 g/mol. The van der Waals surface area contributed by atoms with E-state index in [9.17, 15) is 0 Å². The summed E-state index contributed by atoms with van der Waals surface area (Å²) in [6, 6.07) is 6.37. The minimum Gasteiger partial charge on any atom is -0.395 e. The summed E-state index contributed by atoms with van der Waals surface area (Å²) in [7, 11) is 0. The van der Waals surface area contributed by atoms with Crippen molar-refractivity contribution in [3.05, 3.63) is 34.4 Å². The molecule has 0 fully saturated rings. The lowest BCUT2D eigenvalue weighted by atomic mass is 10.1. The van der Waals surface area contributed by atoms with Crippen molar-refractivity contribution in [3.63, 3.8) is 0 Å². The highest BCUT2D eigenvalue weighted by Crippen LogP contribution is 2.26. The summed E-state index contributed by atoms with van der Waals surface area (Å²) in [5.74, 6) is 0. The van der Waals surface area contributed by atoms with Gasteiger partial charge in [0.15, 0.2) is 0 Å². The van der Waals surface area contributed by atoms with Crippen LogP contribution < -0.4 is 0 Å². The van der Waals surface area contributed by atoms with Gasteiger partial charge in [0.25, 0.3) is 0 Å². The van der Waals surface area contributed by atoms with E-state index in [2.05, 4.69) is 51.8 Å². The number of nitrogens with zero attached hydrogens (tertiary/aromatic N) is 1. The van der Waals surface area contributed by atoms with E-state index in [1.54, 1.807) is 0 Å². The van der Waals surface area contributed by atoms with Gasteiger partial charge in [-0.2, -0.15) is 0 Å². The van der Waals surface area contributed by atoms with Crippen LogP contribution in [0.1, 0.15) is 25.3 Å². The molecule has 3 heteroatoms. The number of halogens is 1. The predicted molar refractivity (Wildman–Crippen MR) is 75.3 cm³/mol. The zero-order valence-corrected chi connectivity index (χ0v) is 11.7. The molecule has 0 spiro atoms. The minimum absolute atomic E-state index is 0.184. The lowest BCUT2D eigenvalue weighted by Gasteiger charge is -2.01. The van der Waals surface area contributed by atoms with Crippen LogP contribution in [0.5, 0.6) is 0 Å². The number of aromatic nitrogens is 1. The highest BCUT2D eigenvalue weighted by molar-refractivity contribution is 9.10. The smallest absolute Gasteiger partial charge is 0.0610 e. The third-order valence-corrected chi connectivity index (χ3v) is 3.56. The van der Waals surface area contributed by atoms with Crippen LogP contribution in [0.15, 0.2) is 28.9 Å². The van der Waals surface area contributed by atoms with Gasteiger partial charge in [-0.15, -0.1) is 0 Å². The second kappa shape index (κ2) is 5.69. The molecule has 2 aromatic rings. The Hall–Kier alpha value is -0.800. The van der Waals surface area contributed by atoms with E-state index < -0.39 is 0 Å². The summed E-state index contributed by atoms with van der Waals surface area (Å²) in [6.45, 7) is 3.06. The van der Waals surface area contributed by atoms with Crippen molar-refractivity contribution < 1.29 is 5.11 Å². The van der Waals surface area contributed by atoms with Crippen molar-refractivity contribution >= 4 is 26.8 Å². The number of aliphatic hydroxyl groups is 1. The Balaban J connectivity index is 2.46. The van der Waals surface area contributed by atoms with E-state index in [0.717, 1.165) is 10.9 Å². The molecule has 0 bridgehead atoms. The largest absolute Gasteiger partial charge is 0.395 e. The number of benzene rings is 1. The van der Waals surface area contributed by atoms with Gasteiger partial charge in [-0.1, -0.05) is 35.3 Å². The Bertz CT molecular complexity index is 504. The lowest BCUT2D eigenvalue weighted by Crippen LogP contribution is -1.99. The predicted octanol–water partition coefficient (Wildman–Crippen LogP) is 3.74. The molecular formula is C14H18BrNO. The molecule has 0 amide bonds.